The molecule has 0 bridgehead atoms. The van der Waals surface area contributed by atoms with Crippen LogP contribution in [-0.2, 0) is 11.3 Å². The minimum atomic E-state index is 0.501. The van der Waals surface area contributed by atoms with Gasteiger partial charge in [0.1, 0.15) is 0 Å². The van der Waals surface area contributed by atoms with Crippen molar-refractivity contribution < 1.29 is 19.2 Å². The van der Waals surface area contributed by atoms with Crippen molar-refractivity contribution in [2.24, 2.45) is 0 Å². The number of methoxy groups -OCH3 is 1. The van der Waals surface area contributed by atoms with Crippen LogP contribution in [0.15, 0.2) is 42.5 Å². The molecule has 0 atom stereocenters. The van der Waals surface area contributed by atoms with Crippen molar-refractivity contribution in [2.45, 2.75) is 19.8 Å². The van der Waals surface area contributed by atoms with E-state index in [1.165, 1.54) is 18.2 Å². The fraction of sp³-hybridized carbons (Fsp3) is 0.333. The van der Waals surface area contributed by atoms with E-state index in [0.29, 0.717) is 23.9 Å². The number of ether oxygens (including phenoxy) is 2. The zero-order chi connectivity index (χ0) is 15.8. The lowest BCUT2D eigenvalue weighted by Gasteiger charge is -2.13. The molecule has 0 unspecified atom stereocenters. The normalized spacial score (nSPS) is 10.3. The summed E-state index contributed by atoms with van der Waals surface area (Å²) in [5, 5.41) is 0. The number of benzene rings is 2. The number of para-hydroxylation sites is 1. The van der Waals surface area contributed by atoms with Crippen LogP contribution < -0.4 is 14.4 Å². The maximum atomic E-state index is 5.82. The fourth-order valence-corrected chi connectivity index (χ4v) is 2.30. The predicted molar refractivity (Wildman–Crippen MR) is 85.6 cm³/mol. The zero-order valence-corrected chi connectivity index (χ0v) is 13.3. The van der Waals surface area contributed by atoms with E-state index in [9.17, 15) is 0 Å². The molecular weight excluding hydrogens is 280 g/mol. The highest BCUT2D eigenvalue weighted by Crippen LogP contribution is 2.37. The number of aryl methyl sites for hydroxylation is 2. The standard InChI is InChI=1S/C18H22O4/c1-14-8-4-5-9-15(14)10-7-13-21-16-11-6-12-17(22-20-3)18(16)19-2/h4-6,8-9,11-12H,7,10,13H2,1-3H3. The molecule has 22 heavy (non-hydrogen) atoms. The van der Waals surface area contributed by atoms with Crippen molar-refractivity contribution in [3.05, 3.63) is 53.6 Å². The molecular formula is C18H22O4. The zero-order valence-electron chi connectivity index (χ0n) is 13.3. The van der Waals surface area contributed by atoms with E-state index in [1.54, 1.807) is 13.2 Å². The second kappa shape index (κ2) is 8.29. The Hall–Kier alpha value is -2.20. The number of rotatable bonds is 8. The van der Waals surface area contributed by atoms with Crippen molar-refractivity contribution in [3.8, 4) is 17.2 Å². The van der Waals surface area contributed by atoms with E-state index < -0.39 is 0 Å². The minimum Gasteiger partial charge on any atom is -0.490 e. The molecule has 0 amide bonds. The van der Waals surface area contributed by atoms with Gasteiger partial charge in [0.2, 0.25) is 11.5 Å². The number of hydrogen-bond acceptors (Lipinski definition) is 4. The Morgan fingerprint density at radius 1 is 0.909 bits per heavy atom. The van der Waals surface area contributed by atoms with Crippen LogP contribution in [0.25, 0.3) is 0 Å². The first-order valence-corrected chi connectivity index (χ1v) is 7.31. The molecule has 4 nitrogen and oxygen atoms in total. The summed E-state index contributed by atoms with van der Waals surface area (Å²) in [6.45, 7) is 2.74. The van der Waals surface area contributed by atoms with E-state index in [0.717, 1.165) is 12.8 Å². The summed E-state index contributed by atoms with van der Waals surface area (Å²) in [7, 11) is 3.03. The van der Waals surface area contributed by atoms with Gasteiger partial charge < -0.3 is 14.4 Å². The van der Waals surface area contributed by atoms with Gasteiger partial charge in [-0.05, 0) is 43.0 Å². The molecule has 0 aliphatic rings. The Labute approximate surface area is 131 Å². The predicted octanol–water partition coefficient (Wildman–Crippen LogP) is 3.96. The topological polar surface area (TPSA) is 36.9 Å². The molecule has 0 N–H and O–H groups in total. The van der Waals surface area contributed by atoms with E-state index in [1.807, 2.05) is 12.1 Å². The Morgan fingerprint density at radius 3 is 2.41 bits per heavy atom. The van der Waals surface area contributed by atoms with Gasteiger partial charge in [-0.2, -0.15) is 4.89 Å². The molecule has 2 aromatic carbocycles. The lowest BCUT2D eigenvalue weighted by Crippen LogP contribution is -2.03. The van der Waals surface area contributed by atoms with Crippen molar-refractivity contribution in [1.82, 2.24) is 0 Å². The first-order valence-electron chi connectivity index (χ1n) is 7.31. The highest BCUT2D eigenvalue weighted by molar-refractivity contribution is 5.50. The van der Waals surface area contributed by atoms with Crippen LogP contribution in [0.3, 0.4) is 0 Å². The van der Waals surface area contributed by atoms with Gasteiger partial charge in [-0.3, -0.25) is 0 Å². The smallest absolute Gasteiger partial charge is 0.211 e. The van der Waals surface area contributed by atoms with Gasteiger partial charge in [0.05, 0.1) is 20.8 Å². The fourth-order valence-electron chi connectivity index (χ4n) is 2.30. The Bertz CT molecular complexity index is 595. The molecule has 0 radical (unpaired) electrons. The molecule has 0 aliphatic heterocycles. The van der Waals surface area contributed by atoms with Crippen LogP contribution >= 0.6 is 0 Å². The largest absolute Gasteiger partial charge is 0.490 e. The average Bonchev–Trinajstić information content (AvgIpc) is 2.53. The van der Waals surface area contributed by atoms with Gasteiger partial charge in [-0.25, -0.2) is 0 Å². The van der Waals surface area contributed by atoms with Gasteiger partial charge in [-0.15, -0.1) is 0 Å². The molecule has 0 fully saturated rings. The third-order valence-corrected chi connectivity index (χ3v) is 3.43. The van der Waals surface area contributed by atoms with E-state index in [4.69, 9.17) is 14.4 Å². The van der Waals surface area contributed by atoms with E-state index in [-0.39, 0.29) is 0 Å². The highest BCUT2D eigenvalue weighted by Gasteiger charge is 2.12. The second-order valence-corrected chi connectivity index (χ2v) is 4.92. The molecule has 0 aromatic heterocycles. The maximum Gasteiger partial charge on any atom is 0.211 e. The first kappa shape index (κ1) is 16.2. The molecule has 2 rings (SSSR count). The minimum absolute atomic E-state index is 0.501. The van der Waals surface area contributed by atoms with E-state index in [2.05, 4.69) is 36.1 Å². The third kappa shape index (κ3) is 4.15. The van der Waals surface area contributed by atoms with Gasteiger partial charge >= 0.3 is 0 Å². The van der Waals surface area contributed by atoms with Crippen molar-refractivity contribution in [2.75, 3.05) is 20.8 Å². The van der Waals surface area contributed by atoms with Crippen molar-refractivity contribution in [3.63, 3.8) is 0 Å². The summed E-state index contributed by atoms with van der Waals surface area (Å²) in [5.74, 6) is 1.70. The molecule has 0 heterocycles. The number of hydrogen-bond donors (Lipinski definition) is 0. The van der Waals surface area contributed by atoms with Crippen LogP contribution in [0.5, 0.6) is 17.2 Å². The monoisotopic (exact) mass is 302 g/mol. The molecule has 0 spiro atoms. The van der Waals surface area contributed by atoms with Gasteiger partial charge in [0, 0.05) is 0 Å². The third-order valence-electron chi connectivity index (χ3n) is 3.43. The van der Waals surface area contributed by atoms with Crippen LogP contribution in [0.4, 0.5) is 0 Å². The molecule has 2 aromatic rings. The second-order valence-electron chi connectivity index (χ2n) is 4.92. The van der Waals surface area contributed by atoms with Crippen LogP contribution in [0.1, 0.15) is 17.5 Å². The van der Waals surface area contributed by atoms with Crippen LogP contribution in [0.2, 0.25) is 0 Å². The molecule has 0 saturated carbocycles. The highest BCUT2D eigenvalue weighted by atomic mass is 17.2. The lowest BCUT2D eigenvalue weighted by atomic mass is 10.0. The lowest BCUT2D eigenvalue weighted by molar-refractivity contribution is -0.179. The van der Waals surface area contributed by atoms with Gasteiger partial charge in [0.15, 0.2) is 5.75 Å². The van der Waals surface area contributed by atoms with Crippen LogP contribution in [0, 0.1) is 6.92 Å². The van der Waals surface area contributed by atoms with Crippen molar-refractivity contribution in [1.29, 1.82) is 0 Å². The van der Waals surface area contributed by atoms with Crippen LogP contribution in [-0.4, -0.2) is 20.8 Å². The van der Waals surface area contributed by atoms with Gasteiger partial charge in [0.25, 0.3) is 0 Å². The average molecular weight is 302 g/mol. The molecule has 118 valence electrons. The quantitative estimate of drug-likeness (QED) is 0.420. The summed E-state index contributed by atoms with van der Waals surface area (Å²) >= 11 is 0. The summed E-state index contributed by atoms with van der Waals surface area (Å²) in [6.07, 6.45) is 1.92. The van der Waals surface area contributed by atoms with Gasteiger partial charge in [-0.1, -0.05) is 30.3 Å². The summed E-state index contributed by atoms with van der Waals surface area (Å²) in [4.78, 5) is 9.74. The summed E-state index contributed by atoms with van der Waals surface area (Å²) in [6, 6.07) is 13.9. The van der Waals surface area contributed by atoms with Crippen molar-refractivity contribution >= 4 is 0 Å². The summed E-state index contributed by atoms with van der Waals surface area (Å²) in [5.41, 5.74) is 2.67. The maximum absolute atomic E-state index is 5.82. The molecule has 0 saturated heterocycles. The molecule has 0 aliphatic carbocycles. The first-order chi connectivity index (χ1) is 10.8. The Morgan fingerprint density at radius 2 is 1.68 bits per heavy atom. The van der Waals surface area contributed by atoms with E-state index >= 15 is 0 Å². The SMILES string of the molecule is COOc1cccc(OCCCc2ccccc2C)c1OC. The Kier molecular flexibility index (Phi) is 6.10. The Balaban J connectivity index is 1.92. The molecule has 4 heteroatoms. The summed E-state index contributed by atoms with van der Waals surface area (Å²) < 4.78 is 11.1.